The predicted octanol–water partition coefficient (Wildman–Crippen LogP) is 0.195. The Morgan fingerprint density at radius 1 is 1.55 bits per heavy atom. The van der Waals surface area contributed by atoms with Crippen LogP contribution in [0.5, 0.6) is 0 Å². The van der Waals surface area contributed by atoms with Gasteiger partial charge >= 0.3 is 5.97 Å². The van der Waals surface area contributed by atoms with Crippen LogP contribution in [0.3, 0.4) is 0 Å². The molecular weight excluding hydrogens is 148 g/mol. The van der Waals surface area contributed by atoms with Crippen LogP contribution >= 0.6 is 0 Å². The van der Waals surface area contributed by atoms with Crippen LogP contribution in [-0.4, -0.2) is 38.0 Å². The van der Waals surface area contributed by atoms with Gasteiger partial charge in [-0.3, -0.25) is 4.79 Å². The van der Waals surface area contributed by atoms with Crippen LogP contribution < -0.4 is 0 Å². The Kier molecular flexibility index (Phi) is 14.3. The monoisotopic (exact) mass is 164 g/mol. The first-order chi connectivity index (χ1) is 5.18. The second-order valence-electron chi connectivity index (χ2n) is 1.64. The zero-order valence-electron chi connectivity index (χ0n) is 7.29. The molecule has 0 aliphatic rings. The highest BCUT2D eigenvalue weighted by atomic mass is 16.5. The van der Waals surface area contributed by atoms with E-state index in [1.54, 1.807) is 7.11 Å². The molecule has 68 valence electrons. The molecule has 0 atom stereocenters. The maximum Gasteiger partial charge on any atom is 0.302 e. The quantitative estimate of drug-likeness (QED) is 0.605. The molecule has 0 unspecified atom stereocenters. The molecule has 0 fully saturated rings. The van der Waals surface area contributed by atoms with Crippen molar-refractivity contribution in [2.24, 2.45) is 0 Å². The summed E-state index contributed by atoms with van der Waals surface area (Å²) in [6.07, 6.45) is 0. The lowest BCUT2D eigenvalue weighted by molar-refractivity contribution is -0.141. The third-order valence-corrected chi connectivity index (χ3v) is 0.685. The van der Waals surface area contributed by atoms with Gasteiger partial charge in [0.25, 0.3) is 0 Å². The fourth-order valence-electron chi connectivity index (χ4n) is 0.189. The van der Waals surface area contributed by atoms with E-state index in [4.69, 9.17) is 5.11 Å². The predicted molar refractivity (Wildman–Crippen MR) is 41.3 cm³/mol. The highest BCUT2D eigenvalue weighted by Gasteiger charge is 1.86. The van der Waals surface area contributed by atoms with E-state index in [1.807, 2.05) is 6.92 Å². The van der Waals surface area contributed by atoms with Crippen molar-refractivity contribution in [3.8, 4) is 0 Å². The number of carbonyl (C=O) groups excluding carboxylic acids is 1. The number of esters is 1. The number of ether oxygens (including phenoxy) is 2. The van der Waals surface area contributed by atoms with E-state index < -0.39 is 0 Å². The van der Waals surface area contributed by atoms with E-state index in [0.29, 0.717) is 0 Å². The van der Waals surface area contributed by atoms with Crippen LogP contribution in [0, 0.1) is 0 Å². The molecule has 0 spiro atoms. The Bertz CT molecular complexity index is 80.5. The van der Waals surface area contributed by atoms with E-state index in [1.165, 1.54) is 6.92 Å². The molecule has 0 aromatic rings. The van der Waals surface area contributed by atoms with E-state index >= 15 is 0 Å². The van der Waals surface area contributed by atoms with Gasteiger partial charge < -0.3 is 14.6 Å². The molecule has 0 amide bonds. The van der Waals surface area contributed by atoms with Gasteiger partial charge in [-0.1, -0.05) is 0 Å². The molecule has 0 heterocycles. The first-order valence-electron chi connectivity index (χ1n) is 3.42. The van der Waals surface area contributed by atoms with Crippen LogP contribution in [0.25, 0.3) is 0 Å². The summed E-state index contributed by atoms with van der Waals surface area (Å²) in [5.41, 5.74) is 0. The molecule has 0 aliphatic heterocycles. The lowest BCUT2D eigenvalue weighted by Crippen LogP contribution is -2.03. The summed E-state index contributed by atoms with van der Waals surface area (Å²) < 4.78 is 8.84. The minimum atomic E-state index is -0.353. The van der Waals surface area contributed by atoms with Crippen molar-refractivity contribution in [1.82, 2.24) is 0 Å². The van der Waals surface area contributed by atoms with E-state index in [9.17, 15) is 4.79 Å². The van der Waals surface area contributed by atoms with Crippen LogP contribution in [-0.2, 0) is 14.3 Å². The smallest absolute Gasteiger partial charge is 0.302 e. The van der Waals surface area contributed by atoms with Gasteiger partial charge in [0.05, 0.1) is 6.61 Å². The normalized spacial score (nSPS) is 8.00. The second kappa shape index (κ2) is 12.1. The van der Waals surface area contributed by atoms with E-state index in [-0.39, 0.29) is 19.2 Å². The second-order valence-corrected chi connectivity index (χ2v) is 1.64. The molecule has 0 saturated carbocycles. The number of aliphatic hydroxyl groups is 1. The Balaban J connectivity index is 0. The highest BCUT2D eigenvalue weighted by Crippen LogP contribution is 1.71. The third-order valence-electron chi connectivity index (χ3n) is 0.685. The number of hydrogen-bond donors (Lipinski definition) is 1. The summed E-state index contributed by atoms with van der Waals surface area (Å²) in [4.78, 5) is 9.87. The molecule has 0 bridgehead atoms. The lowest BCUT2D eigenvalue weighted by Gasteiger charge is -1.93. The molecule has 4 heteroatoms. The van der Waals surface area contributed by atoms with Crippen molar-refractivity contribution >= 4 is 5.97 Å². The van der Waals surface area contributed by atoms with E-state index in [0.717, 1.165) is 6.61 Å². The minimum absolute atomic E-state index is 0.0976. The van der Waals surface area contributed by atoms with Crippen molar-refractivity contribution in [3.63, 3.8) is 0 Å². The largest absolute Gasteiger partial charge is 0.463 e. The van der Waals surface area contributed by atoms with E-state index in [2.05, 4.69) is 9.47 Å². The summed E-state index contributed by atoms with van der Waals surface area (Å²) in [6, 6.07) is 0. The topological polar surface area (TPSA) is 55.8 Å². The molecule has 0 aromatic carbocycles. The molecule has 4 nitrogen and oxygen atoms in total. The Labute approximate surface area is 67.1 Å². The molecule has 0 saturated heterocycles. The van der Waals surface area contributed by atoms with Crippen molar-refractivity contribution in [1.29, 1.82) is 0 Å². The fraction of sp³-hybridized carbons (Fsp3) is 0.857. The lowest BCUT2D eigenvalue weighted by atomic mass is 10.7. The zero-order chi connectivity index (χ0) is 9.11. The number of aliphatic hydroxyl groups excluding tert-OH is 1. The first-order valence-corrected chi connectivity index (χ1v) is 3.42. The van der Waals surface area contributed by atoms with Gasteiger partial charge in [-0.2, -0.15) is 0 Å². The molecule has 11 heavy (non-hydrogen) atoms. The minimum Gasteiger partial charge on any atom is -0.463 e. The average molecular weight is 164 g/mol. The Hall–Kier alpha value is -0.610. The van der Waals surface area contributed by atoms with Gasteiger partial charge in [-0.25, -0.2) is 0 Å². The van der Waals surface area contributed by atoms with Gasteiger partial charge in [-0.15, -0.1) is 0 Å². The number of rotatable bonds is 3. The third kappa shape index (κ3) is 26.6. The summed E-state index contributed by atoms with van der Waals surface area (Å²) in [7, 11) is 1.68. The van der Waals surface area contributed by atoms with Crippen LogP contribution in [0.4, 0.5) is 0 Å². The average Bonchev–Trinajstić information content (AvgIpc) is 2.01. The summed E-state index contributed by atoms with van der Waals surface area (Å²) in [6.45, 7) is 4.09. The number of carbonyl (C=O) groups is 1. The molecule has 0 aliphatic carbocycles. The van der Waals surface area contributed by atoms with Gasteiger partial charge in [0.1, 0.15) is 6.61 Å². The van der Waals surface area contributed by atoms with Crippen molar-refractivity contribution < 1.29 is 19.4 Å². The van der Waals surface area contributed by atoms with Crippen molar-refractivity contribution in [3.05, 3.63) is 0 Å². The summed E-state index contributed by atoms with van der Waals surface area (Å²) >= 11 is 0. The Morgan fingerprint density at radius 2 is 2.00 bits per heavy atom. The van der Waals surface area contributed by atoms with Crippen LogP contribution in [0.2, 0.25) is 0 Å². The van der Waals surface area contributed by atoms with Crippen molar-refractivity contribution in [2.75, 3.05) is 26.9 Å². The van der Waals surface area contributed by atoms with Crippen molar-refractivity contribution in [2.45, 2.75) is 13.8 Å². The first kappa shape index (κ1) is 13.0. The van der Waals surface area contributed by atoms with Gasteiger partial charge in [0.15, 0.2) is 0 Å². The number of methoxy groups -OCH3 is 1. The van der Waals surface area contributed by atoms with Crippen LogP contribution in [0.15, 0.2) is 0 Å². The maximum atomic E-state index is 9.87. The maximum absolute atomic E-state index is 9.87. The molecule has 0 rings (SSSR count). The van der Waals surface area contributed by atoms with Gasteiger partial charge in [0.2, 0.25) is 0 Å². The molecule has 0 aromatic heterocycles. The fourth-order valence-corrected chi connectivity index (χ4v) is 0.189. The molecule has 0 radical (unpaired) electrons. The summed E-state index contributed by atoms with van der Waals surface area (Å²) in [5, 5.41) is 8.04. The standard InChI is InChI=1S/C4H8O3.C3H8O/c1-4(6)7-3-2-5;1-3-4-2/h5H,2-3H2,1H3;3H2,1-2H3. The van der Waals surface area contributed by atoms with Crippen LogP contribution in [0.1, 0.15) is 13.8 Å². The van der Waals surface area contributed by atoms with Gasteiger partial charge in [0, 0.05) is 20.6 Å². The Morgan fingerprint density at radius 3 is 2.09 bits per heavy atom. The summed E-state index contributed by atoms with van der Waals surface area (Å²) in [5.74, 6) is -0.353. The number of hydrogen-bond acceptors (Lipinski definition) is 4. The highest BCUT2D eigenvalue weighted by molar-refractivity contribution is 5.65. The molecule has 1 N–H and O–H groups in total. The SMILES string of the molecule is CC(=O)OCCO.CCOC. The molecular formula is C7H16O4. The zero-order valence-corrected chi connectivity index (χ0v) is 7.29. The van der Waals surface area contributed by atoms with Gasteiger partial charge in [-0.05, 0) is 6.92 Å².